The number of allylic oxidation sites excluding steroid dienone is 7. The molecule has 0 aromatic heterocycles. The molecule has 2 N–H and O–H groups in total. The fourth-order valence-electron chi connectivity index (χ4n) is 7.23. The number of nitrogens with two attached hydrogens (primary N) is 1. The van der Waals surface area contributed by atoms with Crippen LogP contribution in [-0.2, 0) is 0 Å². The van der Waals surface area contributed by atoms with Crippen molar-refractivity contribution >= 4 is 0 Å². The highest BCUT2D eigenvalue weighted by atomic mass is 14.9. The van der Waals surface area contributed by atoms with Gasteiger partial charge in [-0.2, -0.15) is 0 Å². The molecule has 0 radical (unpaired) electrons. The van der Waals surface area contributed by atoms with Gasteiger partial charge in [-0.05, 0) is 110 Å². The van der Waals surface area contributed by atoms with Gasteiger partial charge in [-0.3, -0.25) is 0 Å². The van der Waals surface area contributed by atoms with E-state index in [4.69, 9.17) is 5.73 Å². The zero-order valence-electron chi connectivity index (χ0n) is 20.6. The Hall–Kier alpha value is -1.34. The predicted molar refractivity (Wildman–Crippen MR) is 135 cm³/mol. The lowest BCUT2D eigenvalue weighted by molar-refractivity contribution is 0.0895. The van der Waals surface area contributed by atoms with Crippen LogP contribution in [0, 0.1) is 35.0 Å². The van der Waals surface area contributed by atoms with Crippen molar-refractivity contribution in [3.05, 3.63) is 59.8 Å². The average Bonchev–Trinajstić information content (AvgIpc) is 3.52. The Bertz CT molecular complexity index is 821. The van der Waals surface area contributed by atoms with E-state index in [2.05, 4.69) is 65.2 Å². The van der Waals surface area contributed by atoms with Crippen LogP contribution >= 0.6 is 0 Å². The third kappa shape index (κ3) is 4.20. The van der Waals surface area contributed by atoms with Crippen molar-refractivity contribution < 1.29 is 0 Å². The second-order valence-corrected chi connectivity index (χ2v) is 11.8. The number of hydrogen-bond acceptors (Lipinski definition) is 1. The van der Waals surface area contributed by atoms with E-state index in [1.54, 1.807) is 0 Å². The molecule has 0 aromatic rings. The zero-order chi connectivity index (χ0) is 22.4. The molecule has 4 rings (SSSR count). The summed E-state index contributed by atoms with van der Waals surface area (Å²) >= 11 is 0. The maximum atomic E-state index is 7.33. The molecule has 4 fully saturated rings. The summed E-state index contributed by atoms with van der Waals surface area (Å²) in [6.45, 7) is 18.3. The normalized spacial score (nSPS) is 42.4. The number of rotatable bonds is 5. The van der Waals surface area contributed by atoms with Crippen LogP contribution in [0.2, 0.25) is 0 Å². The lowest BCUT2D eigenvalue weighted by atomic mass is 9.57. The van der Waals surface area contributed by atoms with Gasteiger partial charge in [-0.25, -0.2) is 0 Å². The van der Waals surface area contributed by atoms with E-state index >= 15 is 0 Å². The highest BCUT2D eigenvalue weighted by Gasteiger charge is 2.58. The van der Waals surface area contributed by atoms with Crippen LogP contribution < -0.4 is 5.73 Å². The largest absolute Gasteiger partial charge is 0.321 e. The van der Waals surface area contributed by atoms with E-state index in [0.29, 0.717) is 17.8 Å². The van der Waals surface area contributed by atoms with Crippen molar-refractivity contribution in [2.75, 3.05) is 0 Å². The molecule has 0 aromatic carbocycles. The Morgan fingerprint density at radius 2 is 1.90 bits per heavy atom. The molecule has 1 nitrogen and oxygen atoms in total. The molecule has 4 saturated carbocycles. The standard InChI is InChI=1S/C30H45N/c1-20-18-23(4)24(5)26(19-20)13-14-27-8-7-16-29(6)28(15-17-30(27,29)31)22(3)10-9-21(2)25-11-12-25/h9-10,13-14,20,22-23,25,28H,2,5,7-8,11-12,15-19,31H2,1,3-4,6H3/b10-9+,26-13-,27-14+/t20-,22+,23-,28?,29+,30+/m0/s1. The smallest absolute Gasteiger partial charge is 0.0429 e. The van der Waals surface area contributed by atoms with Crippen LogP contribution in [0.3, 0.4) is 0 Å². The van der Waals surface area contributed by atoms with Crippen molar-refractivity contribution in [1.82, 2.24) is 0 Å². The Morgan fingerprint density at radius 1 is 1.16 bits per heavy atom. The first-order valence-electron chi connectivity index (χ1n) is 12.9. The quantitative estimate of drug-likeness (QED) is 0.450. The van der Waals surface area contributed by atoms with Crippen LogP contribution in [0.4, 0.5) is 0 Å². The van der Waals surface area contributed by atoms with Gasteiger partial charge in [0, 0.05) is 5.54 Å². The van der Waals surface area contributed by atoms with E-state index in [1.165, 1.54) is 60.8 Å². The zero-order valence-corrected chi connectivity index (χ0v) is 20.6. The van der Waals surface area contributed by atoms with Gasteiger partial charge in [-0.15, -0.1) is 0 Å². The molecule has 31 heavy (non-hydrogen) atoms. The Kier molecular flexibility index (Phi) is 6.29. The average molecular weight is 420 g/mol. The molecule has 0 saturated heterocycles. The van der Waals surface area contributed by atoms with Gasteiger partial charge in [-0.1, -0.05) is 70.7 Å². The summed E-state index contributed by atoms with van der Waals surface area (Å²) in [5.41, 5.74) is 13.0. The molecular weight excluding hydrogens is 374 g/mol. The topological polar surface area (TPSA) is 26.0 Å². The SMILES string of the molecule is C=C(/C=C/[C@@H](C)C1CC[C@@]2(N)/C(=C/C=C3/C[C@@H](C)C[C@H](C)C3=C)CCC[C@]12C)C1CC1. The highest BCUT2D eigenvalue weighted by molar-refractivity contribution is 5.40. The minimum Gasteiger partial charge on any atom is -0.321 e. The van der Waals surface area contributed by atoms with Crippen LogP contribution in [0.15, 0.2) is 59.8 Å². The minimum atomic E-state index is -0.157. The Labute approximate surface area is 191 Å². The molecule has 4 aliphatic rings. The summed E-state index contributed by atoms with van der Waals surface area (Å²) in [5.74, 6) is 3.33. The summed E-state index contributed by atoms with van der Waals surface area (Å²) < 4.78 is 0. The summed E-state index contributed by atoms with van der Waals surface area (Å²) in [4.78, 5) is 0. The molecule has 1 heteroatoms. The maximum Gasteiger partial charge on any atom is 0.0429 e. The minimum absolute atomic E-state index is 0.157. The molecule has 4 aliphatic carbocycles. The Balaban J connectivity index is 1.55. The van der Waals surface area contributed by atoms with E-state index in [-0.39, 0.29) is 11.0 Å². The predicted octanol–water partition coefficient (Wildman–Crippen LogP) is 7.92. The number of fused-ring (bicyclic) bond motifs is 1. The van der Waals surface area contributed by atoms with Crippen molar-refractivity contribution in [3.8, 4) is 0 Å². The molecule has 6 atom stereocenters. The molecule has 0 bridgehead atoms. The maximum absolute atomic E-state index is 7.33. The third-order valence-electron chi connectivity index (χ3n) is 9.57. The summed E-state index contributed by atoms with van der Waals surface area (Å²) in [5, 5.41) is 0. The summed E-state index contributed by atoms with van der Waals surface area (Å²) in [6, 6.07) is 0. The van der Waals surface area contributed by atoms with Crippen molar-refractivity contribution in [2.45, 2.75) is 91.0 Å². The van der Waals surface area contributed by atoms with E-state index in [1.807, 2.05) is 0 Å². The molecule has 0 spiro atoms. The third-order valence-corrected chi connectivity index (χ3v) is 9.57. The van der Waals surface area contributed by atoms with Crippen LogP contribution in [0.1, 0.15) is 85.5 Å². The van der Waals surface area contributed by atoms with Gasteiger partial charge in [0.1, 0.15) is 0 Å². The first-order valence-corrected chi connectivity index (χ1v) is 12.9. The van der Waals surface area contributed by atoms with Gasteiger partial charge in [0.15, 0.2) is 0 Å². The lowest BCUT2D eigenvalue weighted by Crippen LogP contribution is -2.56. The van der Waals surface area contributed by atoms with E-state index in [9.17, 15) is 0 Å². The van der Waals surface area contributed by atoms with Crippen LogP contribution in [-0.4, -0.2) is 5.54 Å². The monoisotopic (exact) mass is 419 g/mol. The molecule has 1 unspecified atom stereocenters. The molecule has 0 heterocycles. The summed E-state index contributed by atoms with van der Waals surface area (Å²) in [6.07, 6.45) is 20.7. The summed E-state index contributed by atoms with van der Waals surface area (Å²) in [7, 11) is 0. The van der Waals surface area contributed by atoms with Gasteiger partial charge >= 0.3 is 0 Å². The molecule has 0 amide bonds. The van der Waals surface area contributed by atoms with Crippen molar-refractivity contribution in [1.29, 1.82) is 0 Å². The van der Waals surface area contributed by atoms with Crippen molar-refractivity contribution in [2.24, 2.45) is 40.7 Å². The second-order valence-electron chi connectivity index (χ2n) is 11.8. The fraction of sp³-hybridized carbons (Fsp3) is 0.667. The second kappa shape index (κ2) is 8.54. The van der Waals surface area contributed by atoms with Gasteiger partial charge in [0.25, 0.3) is 0 Å². The van der Waals surface area contributed by atoms with Crippen LogP contribution in [0.5, 0.6) is 0 Å². The van der Waals surface area contributed by atoms with Crippen LogP contribution in [0.25, 0.3) is 0 Å². The van der Waals surface area contributed by atoms with Gasteiger partial charge in [0.05, 0.1) is 0 Å². The van der Waals surface area contributed by atoms with E-state index < -0.39 is 0 Å². The first-order chi connectivity index (χ1) is 14.7. The highest BCUT2D eigenvalue weighted by Crippen LogP contribution is 2.60. The lowest BCUT2D eigenvalue weighted by Gasteiger charge is -2.50. The molecule has 0 aliphatic heterocycles. The number of hydrogen-bond donors (Lipinski definition) is 1. The first kappa shape index (κ1) is 22.8. The molecule has 170 valence electrons. The Morgan fingerprint density at radius 3 is 2.61 bits per heavy atom. The fourth-order valence-corrected chi connectivity index (χ4v) is 7.23. The van der Waals surface area contributed by atoms with Gasteiger partial charge in [0.2, 0.25) is 0 Å². The van der Waals surface area contributed by atoms with Crippen molar-refractivity contribution in [3.63, 3.8) is 0 Å². The van der Waals surface area contributed by atoms with Gasteiger partial charge < -0.3 is 5.73 Å². The van der Waals surface area contributed by atoms with E-state index in [0.717, 1.165) is 31.1 Å². The molecular formula is C30H45N.